The van der Waals surface area contributed by atoms with E-state index in [1.165, 1.54) is 25.9 Å². The third-order valence-corrected chi connectivity index (χ3v) is 4.70. The molecule has 4 heteroatoms. The molecule has 2 atom stereocenters. The molecule has 2 bridgehead atoms. The van der Waals surface area contributed by atoms with Crippen LogP contribution in [0.25, 0.3) is 0 Å². The molecule has 0 saturated carbocycles. The topological polar surface area (TPSA) is 51.4 Å². The summed E-state index contributed by atoms with van der Waals surface area (Å²) < 4.78 is 6.20. The second-order valence-corrected chi connectivity index (χ2v) is 5.48. The Labute approximate surface area is 101 Å². The maximum atomic E-state index is 6.45. The SMILES string of the molecule is NC1c2cccnc2OC12CN1CCC2CC1. The van der Waals surface area contributed by atoms with Crippen molar-refractivity contribution in [2.75, 3.05) is 19.6 Å². The lowest BCUT2D eigenvalue weighted by Crippen LogP contribution is -2.64. The molecule has 4 aliphatic rings. The highest BCUT2D eigenvalue weighted by molar-refractivity contribution is 5.38. The molecule has 17 heavy (non-hydrogen) atoms. The molecule has 2 unspecified atom stereocenters. The van der Waals surface area contributed by atoms with Gasteiger partial charge in [-0.05, 0) is 32.0 Å². The molecule has 3 saturated heterocycles. The number of piperidine rings is 3. The molecule has 0 aliphatic carbocycles. The summed E-state index contributed by atoms with van der Waals surface area (Å²) in [6.45, 7) is 3.37. The largest absolute Gasteiger partial charge is 0.467 e. The molecule has 90 valence electrons. The molecule has 1 aromatic rings. The zero-order chi connectivity index (χ0) is 11.5. The average molecular weight is 231 g/mol. The smallest absolute Gasteiger partial charge is 0.218 e. The van der Waals surface area contributed by atoms with Gasteiger partial charge in [0.05, 0.1) is 6.04 Å². The normalized spacial score (nSPS) is 42.5. The zero-order valence-electron chi connectivity index (χ0n) is 9.80. The van der Waals surface area contributed by atoms with Gasteiger partial charge >= 0.3 is 0 Å². The summed E-state index contributed by atoms with van der Waals surface area (Å²) in [5.41, 5.74) is 7.33. The van der Waals surface area contributed by atoms with Gasteiger partial charge in [-0.3, -0.25) is 4.90 Å². The number of nitrogens with two attached hydrogens (primary N) is 1. The van der Waals surface area contributed by atoms with Crippen molar-refractivity contribution in [1.82, 2.24) is 9.88 Å². The lowest BCUT2D eigenvalue weighted by atomic mass is 9.71. The average Bonchev–Trinajstić information content (AvgIpc) is 2.65. The summed E-state index contributed by atoms with van der Waals surface area (Å²) in [7, 11) is 0. The van der Waals surface area contributed by atoms with Crippen LogP contribution < -0.4 is 10.5 Å². The Hall–Kier alpha value is -1.13. The van der Waals surface area contributed by atoms with Crippen molar-refractivity contribution >= 4 is 0 Å². The second kappa shape index (κ2) is 3.21. The standard InChI is InChI=1S/C13H17N3O/c14-11-10-2-1-5-15-12(10)17-13(11)8-16-6-3-9(13)4-7-16/h1-2,5,9,11H,3-4,6-8,14H2. The van der Waals surface area contributed by atoms with Crippen LogP contribution in [0.3, 0.4) is 0 Å². The molecule has 5 heterocycles. The molecule has 3 fully saturated rings. The molecule has 2 N–H and O–H groups in total. The van der Waals surface area contributed by atoms with E-state index in [1.54, 1.807) is 6.20 Å². The van der Waals surface area contributed by atoms with Crippen LogP contribution in [0.4, 0.5) is 0 Å². The van der Waals surface area contributed by atoms with Gasteiger partial charge in [-0.1, -0.05) is 6.07 Å². The van der Waals surface area contributed by atoms with Crippen molar-refractivity contribution in [3.8, 4) is 5.88 Å². The minimum Gasteiger partial charge on any atom is -0.467 e. The molecule has 4 nitrogen and oxygen atoms in total. The molecule has 0 radical (unpaired) electrons. The van der Waals surface area contributed by atoms with Crippen LogP contribution in [0, 0.1) is 5.92 Å². The van der Waals surface area contributed by atoms with Crippen LogP contribution in [0.1, 0.15) is 24.4 Å². The maximum absolute atomic E-state index is 6.45. The van der Waals surface area contributed by atoms with E-state index in [4.69, 9.17) is 10.5 Å². The molecule has 4 aliphatic heterocycles. The van der Waals surface area contributed by atoms with Crippen LogP contribution in [0.15, 0.2) is 18.3 Å². The van der Waals surface area contributed by atoms with Crippen LogP contribution in [-0.2, 0) is 0 Å². The van der Waals surface area contributed by atoms with Gasteiger partial charge in [0.25, 0.3) is 0 Å². The minimum atomic E-state index is -0.201. The Morgan fingerprint density at radius 3 is 2.88 bits per heavy atom. The van der Waals surface area contributed by atoms with E-state index >= 15 is 0 Å². The molecule has 1 aromatic heterocycles. The Morgan fingerprint density at radius 1 is 1.41 bits per heavy atom. The number of pyridine rings is 1. The van der Waals surface area contributed by atoms with Crippen molar-refractivity contribution in [3.63, 3.8) is 0 Å². The van der Waals surface area contributed by atoms with Gasteiger partial charge in [-0.25, -0.2) is 4.98 Å². The van der Waals surface area contributed by atoms with Gasteiger partial charge in [0.2, 0.25) is 5.88 Å². The van der Waals surface area contributed by atoms with Gasteiger partial charge in [0.15, 0.2) is 0 Å². The van der Waals surface area contributed by atoms with E-state index in [1.807, 2.05) is 6.07 Å². The van der Waals surface area contributed by atoms with E-state index in [0.29, 0.717) is 5.92 Å². The Balaban J connectivity index is 1.78. The lowest BCUT2D eigenvalue weighted by Gasteiger charge is -2.52. The number of rotatable bonds is 0. The van der Waals surface area contributed by atoms with Gasteiger partial charge in [-0.2, -0.15) is 0 Å². The summed E-state index contributed by atoms with van der Waals surface area (Å²) in [5, 5.41) is 0. The fourth-order valence-electron chi connectivity index (χ4n) is 3.76. The minimum absolute atomic E-state index is 0.0145. The van der Waals surface area contributed by atoms with Crippen molar-refractivity contribution in [3.05, 3.63) is 23.9 Å². The third-order valence-electron chi connectivity index (χ3n) is 4.70. The number of ether oxygens (including phenoxy) is 1. The van der Waals surface area contributed by atoms with Crippen LogP contribution in [-0.4, -0.2) is 35.1 Å². The van der Waals surface area contributed by atoms with Gasteiger partial charge in [0, 0.05) is 24.2 Å². The number of fused-ring (bicyclic) bond motifs is 3. The summed E-state index contributed by atoms with van der Waals surface area (Å²) in [5.74, 6) is 1.35. The molecular formula is C13H17N3O. The second-order valence-electron chi connectivity index (χ2n) is 5.48. The first-order chi connectivity index (χ1) is 8.29. The first-order valence-corrected chi connectivity index (χ1v) is 6.41. The predicted molar refractivity (Wildman–Crippen MR) is 63.7 cm³/mol. The molecular weight excluding hydrogens is 214 g/mol. The maximum Gasteiger partial charge on any atom is 0.218 e. The Morgan fingerprint density at radius 2 is 2.24 bits per heavy atom. The fourth-order valence-corrected chi connectivity index (χ4v) is 3.76. The molecule has 5 rings (SSSR count). The monoisotopic (exact) mass is 231 g/mol. The highest BCUT2D eigenvalue weighted by Gasteiger charge is 2.57. The Kier molecular flexibility index (Phi) is 1.86. The zero-order valence-corrected chi connectivity index (χ0v) is 9.80. The Bertz CT molecular complexity index is 456. The van der Waals surface area contributed by atoms with Crippen LogP contribution in [0.5, 0.6) is 5.88 Å². The van der Waals surface area contributed by atoms with Crippen LogP contribution in [0.2, 0.25) is 0 Å². The van der Waals surface area contributed by atoms with Gasteiger partial charge < -0.3 is 10.5 Å². The summed E-state index contributed by atoms with van der Waals surface area (Å²) in [4.78, 5) is 6.80. The number of nitrogens with zero attached hydrogens (tertiary/aromatic N) is 2. The van der Waals surface area contributed by atoms with Gasteiger partial charge in [-0.15, -0.1) is 0 Å². The third kappa shape index (κ3) is 1.17. The number of hydrogen-bond acceptors (Lipinski definition) is 4. The van der Waals surface area contributed by atoms with E-state index in [0.717, 1.165) is 18.0 Å². The van der Waals surface area contributed by atoms with E-state index in [9.17, 15) is 0 Å². The quantitative estimate of drug-likeness (QED) is 0.722. The first-order valence-electron chi connectivity index (χ1n) is 6.41. The van der Waals surface area contributed by atoms with E-state index in [2.05, 4.69) is 16.0 Å². The van der Waals surface area contributed by atoms with Crippen molar-refractivity contribution in [2.24, 2.45) is 11.7 Å². The van der Waals surface area contributed by atoms with Crippen molar-refractivity contribution < 1.29 is 4.74 Å². The molecule has 1 spiro atoms. The van der Waals surface area contributed by atoms with Crippen molar-refractivity contribution in [2.45, 2.75) is 24.5 Å². The number of aromatic nitrogens is 1. The molecule has 0 amide bonds. The van der Waals surface area contributed by atoms with E-state index < -0.39 is 0 Å². The fraction of sp³-hybridized carbons (Fsp3) is 0.615. The van der Waals surface area contributed by atoms with Crippen molar-refractivity contribution in [1.29, 1.82) is 0 Å². The highest BCUT2D eigenvalue weighted by Crippen LogP contribution is 2.50. The summed E-state index contributed by atoms with van der Waals surface area (Å²) >= 11 is 0. The lowest BCUT2D eigenvalue weighted by molar-refractivity contribution is -0.0954. The first kappa shape index (κ1) is 9.85. The van der Waals surface area contributed by atoms with E-state index in [-0.39, 0.29) is 11.6 Å². The highest BCUT2D eigenvalue weighted by atomic mass is 16.5. The summed E-state index contributed by atoms with van der Waals surface area (Å²) in [6.07, 6.45) is 4.20. The summed E-state index contributed by atoms with van der Waals surface area (Å²) in [6, 6.07) is 3.99. The molecule has 0 aromatic carbocycles. The predicted octanol–water partition coefficient (Wildman–Crippen LogP) is 0.938. The van der Waals surface area contributed by atoms with Gasteiger partial charge in [0.1, 0.15) is 5.60 Å². The van der Waals surface area contributed by atoms with Crippen LogP contribution >= 0.6 is 0 Å². The number of hydrogen-bond donors (Lipinski definition) is 1.